The van der Waals surface area contributed by atoms with E-state index in [9.17, 15) is 9.59 Å². The molecule has 0 radical (unpaired) electrons. The topological polar surface area (TPSA) is 81.9 Å². The van der Waals surface area contributed by atoms with Gasteiger partial charge in [0.1, 0.15) is 18.0 Å². The van der Waals surface area contributed by atoms with Crippen molar-refractivity contribution in [3.05, 3.63) is 101 Å². The van der Waals surface area contributed by atoms with Crippen molar-refractivity contribution in [2.24, 2.45) is 0 Å². The number of benzene rings is 2. The summed E-state index contributed by atoms with van der Waals surface area (Å²) in [6.07, 6.45) is 3.77. The maximum atomic E-state index is 13.0. The average Bonchev–Trinajstić information content (AvgIpc) is 3.26. The highest BCUT2D eigenvalue weighted by atomic mass is 35.5. The third kappa shape index (κ3) is 5.51. The van der Waals surface area contributed by atoms with Gasteiger partial charge in [-0.1, -0.05) is 41.9 Å². The Morgan fingerprint density at radius 1 is 1.09 bits per heavy atom. The minimum Gasteiger partial charge on any atom is -0.487 e. The van der Waals surface area contributed by atoms with Crippen LogP contribution in [0.2, 0.25) is 5.02 Å². The molecule has 0 fully saturated rings. The van der Waals surface area contributed by atoms with Crippen molar-refractivity contribution >= 4 is 29.1 Å². The lowest BCUT2D eigenvalue weighted by Crippen LogP contribution is -2.30. The molecule has 2 heterocycles. The predicted octanol–water partition coefficient (Wildman–Crippen LogP) is 4.60. The first-order valence-electron chi connectivity index (χ1n) is 10.3. The summed E-state index contributed by atoms with van der Waals surface area (Å²) in [6.45, 7) is 0.261. The Balaban J connectivity index is 1.47. The number of halogens is 1. The molecule has 0 saturated carbocycles. The maximum absolute atomic E-state index is 13.0. The number of imidazole rings is 1. The summed E-state index contributed by atoms with van der Waals surface area (Å²) in [7, 11) is 1.30. The molecule has 0 spiro atoms. The van der Waals surface area contributed by atoms with Crippen LogP contribution in [0.3, 0.4) is 0 Å². The van der Waals surface area contributed by atoms with Crippen LogP contribution in [-0.2, 0) is 16.1 Å². The Labute approximate surface area is 195 Å². The number of hydrogen-bond donors (Lipinski definition) is 1. The fraction of sp³-hybridized carbons (Fsp3) is 0.160. The lowest BCUT2D eigenvalue weighted by atomic mass is 10.0. The number of aromatic nitrogens is 2. The van der Waals surface area contributed by atoms with Gasteiger partial charge in [0.25, 0.3) is 5.91 Å². The second-order valence-electron chi connectivity index (χ2n) is 7.34. The second-order valence-corrected chi connectivity index (χ2v) is 7.75. The van der Waals surface area contributed by atoms with Crippen LogP contribution in [0.15, 0.2) is 79.1 Å². The maximum Gasteiger partial charge on any atom is 0.307 e. The van der Waals surface area contributed by atoms with Gasteiger partial charge in [-0.3, -0.25) is 9.59 Å². The molecule has 2 aromatic heterocycles. The van der Waals surface area contributed by atoms with Crippen molar-refractivity contribution in [2.45, 2.75) is 19.1 Å². The normalized spacial score (nSPS) is 11.7. The zero-order valence-corrected chi connectivity index (χ0v) is 18.7. The number of amides is 1. The average molecular weight is 464 g/mol. The first-order valence-corrected chi connectivity index (χ1v) is 10.7. The van der Waals surface area contributed by atoms with Gasteiger partial charge in [-0.25, -0.2) is 4.98 Å². The van der Waals surface area contributed by atoms with Crippen LogP contribution in [-0.4, -0.2) is 28.4 Å². The number of fused-ring (bicyclic) bond motifs is 1. The highest BCUT2D eigenvalue weighted by Gasteiger charge is 2.22. The zero-order chi connectivity index (χ0) is 23.2. The number of hydrogen-bond acceptors (Lipinski definition) is 5. The number of pyridine rings is 1. The first kappa shape index (κ1) is 22.4. The van der Waals surface area contributed by atoms with E-state index in [1.807, 2.05) is 35.0 Å². The number of rotatable bonds is 8. The molecule has 7 nitrogen and oxygen atoms in total. The van der Waals surface area contributed by atoms with E-state index in [0.717, 1.165) is 11.3 Å². The van der Waals surface area contributed by atoms with E-state index in [-0.39, 0.29) is 18.9 Å². The number of nitrogens with zero attached hydrogens (tertiary/aromatic N) is 2. The molecular formula is C25H22ClN3O4. The van der Waals surface area contributed by atoms with E-state index in [0.29, 0.717) is 21.9 Å². The number of ether oxygens (including phenoxy) is 2. The molecule has 1 N–H and O–H groups in total. The van der Waals surface area contributed by atoms with Gasteiger partial charge < -0.3 is 19.2 Å². The van der Waals surface area contributed by atoms with Crippen LogP contribution < -0.4 is 10.1 Å². The summed E-state index contributed by atoms with van der Waals surface area (Å²) in [5, 5.41) is 3.33. The molecule has 0 saturated heterocycles. The van der Waals surface area contributed by atoms with Crippen molar-refractivity contribution in [3.63, 3.8) is 0 Å². The van der Waals surface area contributed by atoms with Crippen molar-refractivity contribution in [1.82, 2.24) is 14.7 Å². The Morgan fingerprint density at radius 3 is 2.70 bits per heavy atom. The number of esters is 1. The van der Waals surface area contributed by atoms with Gasteiger partial charge in [0.2, 0.25) is 0 Å². The van der Waals surface area contributed by atoms with E-state index in [1.165, 1.54) is 7.11 Å². The molecule has 0 aliphatic rings. The molecule has 1 amide bonds. The van der Waals surface area contributed by atoms with E-state index in [1.54, 1.807) is 48.5 Å². The highest BCUT2D eigenvalue weighted by molar-refractivity contribution is 6.31. The quantitative estimate of drug-likeness (QED) is 0.386. The summed E-state index contributed by atoms with van der Waals surface area (Å²) in [4.78, 5) is 29.4. The molecule has 33 heavy (non-hydrogen) atoms. The summed E-state index contributed by atoms with van der Waals surface area (Å²) in [5.41, 5.74) is 2.63. The van der Waals surface area contributed by atoms with Crippen LogP contribution in [0.1, 0.15) is 34.1 Å². The van der Waals surface area contributed by atoms with E-state index < -0.39 is 12.0 Å². The lowest BCUT2D eigenvalue weighted by molar-refractivity contribution is -0.141. The van der Waals surface area contributed by atoms with E-state index in [4.69, 9.17) is 21.1 Å². The minimum atomic E-state index is -0.638. The Morgan fingerprint density at radius 2 is 1.91 bits per heavy atom. The second kappa shape index (κ2) is 10.2. The van der Waals surface area contributed by atoms with Crippen molar-refractivity contribution in [2.75, 3.05) is 7.11 Å². The summed E-state index contributed by atoms with van der Waals surface area (Å²) < 4.78 is 12.6. The van der Waals surface area contributed by atoms with Crippen LogP contribution >= 0.6 is 11.6 Å². The molecule has 4 rings (SSSR count). The molecule has 0 aliphatic heterocycles. The Hall–Kier alpha value is -3.84. The molecule has 0 aliphatic carbocycles. The van der Waals surface area contributed by atoms with Gasteiger partial charge in [0.15, 0.2) is 0 Å². The fourth-order valence-corrected chi connectivity index (χ4v) is 3.70. The van der Waals surface area contributed by atoms with Crippen LogP contribution in [0.5, 0.6) is 5.75 Å². The molecule has 2 aromatic carbocycles. The molecule has 1 unspecified atom stereocenters. The van der Waals surface area contributed by atoms with Gasteiger partial charge in [-0.15, -0.1) is 0 Å². The third-order valence-corrected chi connectivity index (χ3v) is 5.43. The van der Waals surface area contributed by atoms with E-state index >= 15 is 0 Å². The van der Waals surface area contributed by atoms with Crippen molar-refractivity contribution in [3.8, 4) is 5.75 Å². The summed E-state index contributed by atoms with van der Waals surface area (Å²) in [5.74, 6) is -0.284. The number of carbonyl (C=O) groups excluding carboxylic acids is 2. The molecule has 0 bridgehead atoms. The molecular weight excluding hydrogens is 442 g/mol. The standard InChI is InChI=1S/C25H22ClN3O4/c1-32-24(30)14-22(20-9-2-3-10-21(20)26)28-25(31)17-7-6-8-19(13-17)33-16-18-15-29-12-5-4-11-23(29)27-18/h2-13,15,22H,14,16H2,1H3,(H,28,31). The minimum absolute atomic E-state index is 0.0456. The van der Waals surface area contributed by atoms with Crippen molar-refractivity contribution < 1.29 is 19.1 Å². The van der Waals surface area contributed by atoms with Crippen LogP contribution in [0.4, 0.5) is 0 Å². The smallest absolute Gasteiger partial charge is 0.307 e. The van der Waals surface area contributed by atoms with Gasteiger partial charge in [-0.2, -0.15) is 0 Å². The first-order chi connectivity index (χ1) is 16.0. The Bertz CT molecular complexity index is 1250. The molecule has 8 heteroatoms. The van der Waals surface area contributed by atoms with Gasteiger partial charge in [0.05, 0.1) is 25.3 Å². The van der Waals surface area contributed by atoms with Gasteiger partial charge >= 0.3 is 5.97 Å². The molecule has 4 aromatic rings. The predicted molar refractivity (Wildman–Crippen MR) is 124 cm³/mol. The van der Waals surface area contributed by atoms with E-state index in [2.05, 4.69) is 10.3 Å². The number of methoxy groups -OCH3 is 1. The third-order valence-electron chi connectivity index (χ3n) is 5.08. The Kier molecular flexibility index (Phi) is 6.90. The lowest BCUT2D eigenvalue weighted by Gasteiger charge is -2.19. The summed E-state index contributed by atoms with van der Waals surface area (Å²) in [6, 6.07) is 19.0. The van der Waals surface area contributed by atoms with Gasteiger partial charge in [-0.05, 0) is 42.0 Å². The van der Waals surface area contributed by atoms with Crippen molar-refractivity contribution in [1.29, 1.82) is 0 Å². The van der Waals surface area contributed by atoms with Crippen LogP contribution in [0.25, 0.3) is 5.65 Å². The fourth-order valence-electron chi connectivity index (χ4n) is 3.43. The highest BCUT2D eigenvalue weighted by Crippen LogP contribution is 2.26. The molecule has 1 atom stereocenters. The molecule has 168 valence electrons. The zero-order valence-electron chi connectivity index (χ0n) is 17.9. The largest absolute Gasteiger partial charge is 0.487 e. The van der Waals surface area contributed by atoms with Gasteiger partial charge in [0, 0.05) is 23.0 Å². The van der Waals surface area contributed by atoms with Crippen LogP contribution in [0, 0.1) is 0 Å². The monoisotopic (exact) mass is 463 g/mol. The number of nitrogens with one attached hydrogen (secondary N) is 1. The SMILES string of the molecule is COC(=O)CC(NC(=O)c1cccc(OCc2cn3ccccc3n2)c1)c1ccccc1Cl. The summed E-state index contributed by atoms with van der Waals surface area (Å²) >= 11 is 6.30. The number of carbonyl (C=O) groups is 2.